The molecule has 1 rings (SSSR count). The molecule has 22 heavy (non-hydrogen) atoms. The lowest BCUT2D eigenvalue weighted by Crippen LogP contribution is -2.27. The summed E-state index contributed by atoms with van der Waals surface area (Å²) in [5.41, 5.74) is 4.93. The molecule has 0 unspecified atom stereocenters. The number of guanidine groups is 1. The highest BCUT2D eigenvalue weighted by Crippen LogP contribution is 2.35. The molecule has 13 heteroatoms. The van der Waals surface area contributed by atoms with Gasteiger partial charge in [0.2, 0.25) is 5.96 Å². The topological polar surface area (TPSA) is 179 Å². The van der Waals surface area contributed by atoms with Crippen LogP contribution in [0.1, 0.15) is 5.56 Å². The first-order valence-electron chi connectivity index (χ1n) is 5.18. The van der Waals surface area contributed by atoms with Crippen LogP contribution >= 0.6 is 12.4 Å². The van der Waals surface area contributed by atoms with E-state index >= 15 is 0 Å². The summed E-state index contributed by atoms with van der Waals surface area (Å²) in [5.74, 6) is -0.677. The third-order valence-corrected chi connectivity index (χ3v) is 2.22. The molecule has 0 saturated carbocycles. The first-order valence-corrected chi connectivity index (χ1v) is 5.18. The van der Waals surface area contributed by atoms with Gasteiger partial charge in [0.15, 0.2) is 11.3 Å². The number of nitro benzene ring substituents is 2. The largest absolute Gasteiger partial charge is 0.490 e. The van der Waals surface area contributed by atoms with Gasteiger partial charge in [-0.25, -0.2) is 5.48 Å². The zero-order chi connectivity index (χ0) is 16.0. The molecule has 0 aliphatic heterocycles. The van der Waals surface area contributed by atoms with Gasteiger partial charge in [0, 0.05) is 6.07 Å². The van der Waals surface area contributed by atoms with E-state index in [1.807, 2.05) is 0 Å². The Morgan fingerprint density at radius 3 is 2.50 bits per heavy atom. The van der Waals surface area contributed by atoms with Crippen LogP contribution in [0.5, 0.6) is 5.75 Å². The van der Waals surface area contributed by atoms with Gasteiger partial charge in [0.1, 0.15) is 0 Å². The number of rotatable bonds is 5. The Morgan fingerprint density at radius 1 is 1.41 bits per heavy atom. The molecule has 0 aromatic heterocycles. The maximum absolute atomic E-state index is 11.1. The van der Waals surface area contributed by atoms with Crippen LogP contribution in [-0.4, -0.2) is 34.3 Å². The van der Waals surface area contributed by atoms with Gasteiger partial charge in [0.05, 0.1) is 23.2 Å². The average molecular weight is 335 g/mol. The molecular formula is C9H11ClN6O6. The summed E-state index contributed by atoms with van der Waals surface area (Å²) in [6.07, 6.45) is 0.767. The Balaban J connectivity index is 0.00000441. The third kappa shape index (κ3) is 4.26. The predicted molar refractivity (Wildman–Crippen MR) is 77.7 cm³/mol. The molecule has 0 heterocycles. The minimum atomic E-state index is -0.843. The number of hydroxylamine groups is 1. The quantitative estimate of drug-likeness (QED) is 0.302. The van der Waals surface area contributed by atoms with E-state index in [1.165, 1.54) is 12.6 Å². The summed E-state index contributed by atoms with van der Waals surface area (Å²) in [6, 6.07) is 2.13. The van der Waals surface area contributed by atoms with Crippen LogP contribution < -0.4 is 16.0 Å². The highest BCUT2D eigenvalue weighted by atomic mass is 35.5. The Hall–Kier alpha value is -2.99. The number of hydrogen-bond acceptors (Lipinski definition) is 8. The van der Waals surface area contributed by atoms with Crippen molar-refractivity contribution in [2.24, 2.45) is 15.9 Å². The smallest absolute Gasteiger partial charge is 0.326 e. The van der Waals surface area contributed by atoms with Crippen molar-refractivity contribution in [3.05, 3.63) is 37.9 Å². The molecule has 0 fully saturated rings. The molecular weight excluding hydrogens is 324 g/mol. The molecule has 0 amide bonds. The van der Waals surface area contributed by atoms with Crippen LogP contribution in [-0.2, 0) is 0 Å². The van der Waals surface area contributed by atoms with Gasteiger partial charge in [-0.1, -0.05) is 0 Å². The fourth-order valence-corrected chi connectivity index (χ4v) is 1.39. The minimum Gasteiger partial charge on any atom is -0.490 e. The standard InChI is InChI=1S/C9H10N6O6.ClH/c1-21-7-3-2-6(14(17)18)5(8(7)15(19)20)4-11-12-9(10)13-16;/h2-4,16H,1H3,(H3,10,12,13);1H/b11-4+;. The van der Waals surface area contributed by atoms with Crippen molar-refractivity contribution in [2.75, 3.05) is 7.11 Å². The minimum absolute atomic E-state index is 0. The van der Waals surface area contributed by atoms with Crippen LogP contribution in [0.3, 0.4) is 0 Å². The van der Waals surface area contributed by atoms with Crippen molar-refractivity contribution in [3.8, 4) is 5.75 Å². The van der Waals surface area contributed by atoms with E-state index in [2.05, 4.69) is 10.2 Å². The van der Waals surface area contributed by atoms with Crippen molar-refractivity contribution in [1.29, 1.82) is 0 Å². The van der Waals surface area contributed by atoms with Crippen LogP contribution in [0, 0.1) is 20.2 Å². The maximum Gasteiger partial charge on any atom is 0.326 e. The summed E-state index contributed by atoms with van der Waals surface area (Å²) < 4.78 is 4.79. The number of nitrogens with zero attached hydrogens (tertiary/aromatic N) is 4. The molecule has 0 aliphatic carbocycles. The number of nitrogens with one attached hydrogen (secondary N) is 1. The molecule has 0 aliphatic rings. The number of methoxy groups -OCH3 is 1. The van der Waals surface area contributed by atoms with Gasteiger partial charge >= 0.3 is 5.69 Å². The van der Waals surface area contributed by atoms with Crippen LogP contribution in [0.4, 0.5) is 11.4 Å². The van der Waals surface area contributed by atoms with Gasteiger partial charge in [-0.15, -0.1) is 17.5 Å². The second kappa shape index (κ2) is 8.33. The number of halogens is 1. The summed E-state index contributed by atoms with van der Waals surface area (Å²) in [7, 11) is 1.18. The van der Waals surface area contributed by atoms with E-state index in [4.69, 9.17) is 15.7 Å². The molecule has 0 bridgehead atoms. The van der Waals surface area contributed by atoms with E-state index in [1.54, 1.807) is 0 Å². The normalized spacial score (nSPS) is 10.9. The number of benzene rings is 1. The zero-order valence-corrected chi connectivity index (χ0v) is 11.8. The summed E-state index contributed by atoms with van der Waals surface area (Å²) in [6.45, 7) is 0. The number of hydrogen-bond donors (Lipinski definition) is 3. The average Bonchev–Trinajstić information content (AvgIpc) is 2.45. The lowest BCUT2D eigenvalue weighted by molar-refractivity contribution is -0.394. The predicted octanol–water partition coefficient (Wildman–Crippen LogP) is 0.561. The van der Waals surface area contributed by atoms with Crippen molar-refractivity contribution in [1.82, 2.24) is 5.48 Å². The van der Waals surface area contributed by atoms with Crippen molar-refractivity contribution in [2.45, 2.75) is 0 Å². The van der Waals surface area contributed by atoms with Gasteiger partial charge in [0.25, 0.3) is 5.69 Å². The number of ether oxygens (including phenoxy) is 1. The molecule has 120 valence electrons. The molecule has 1 aromatic carbocycles. The van der Waals surface area contributed by atoms with Crippen molar-refractivity contribution in [3.63, 3.8) is 0 Å². The zero-order valence-electron chi connectivity index (χ0n) is 11.0. The SMILES string of the molecule is COc1ccc([N+](=O)[O-])c(/C=N/N=C(/N)NO)c1[N+](=O)[O-].Cl. The van der Waals surface area contributed by atoms with Gasteiger partial charge < -0.3 is 10.5 Å². The highest BCUT2D eigenvalue weighted by molar-refractivity contribution is 5.93. The molecule has 0 saturated heterocycles. The monoisotopic (exact) mass is 334 g/mol. The lowest BCUT2D eigenvalue weighted by Gasteiger charge is -2.04. The molecule has 1 aromatic rings. The molecule has 0 atom stereocenters. The summed E-state index contributed by atoms with van der Waals surface area (Å²) in [5, 5.41) is 36.9. The number of nitrogens with two attached hydrogens (primary N) is 1. The highest BCUT2D eigenvalue weighted by Gasteiger charge is 2.28. The third-order valence-electron chi connectivity index (χ3n) is 2.22. The Bertz CT molecular complexity index is 633. The van der Waals surface area contributed by atoms with E-state index < -0.39 is 32.7 Å². The Morgan fingerprint density at radius 2 is 2.05 bits per heavy atom. The molecule has 4 N–H and O–H groups in total. The molecule has 12 nitrogen and oxygen atoms in total. The number of nitro groups is 2. The fourth-order valence-electron chi connectivity index (χ4n) is 1.39. The molecule has 0 radical (unpaired) electrons. The summed E-state index contributed by atoms with van der Waals surface area (Å²) >= 11 is 0. The van der Waals surface area contributed by atoms with Gasteiger partial charge in [-0.2, -0.15) is 5.10 Å². The Labute approximate surface area is 128 Å². The van der Waals surface area contributed by atoms with Crippen molar-refractivity contribution < 1.29 is 19.8 Å². The van der Waals surface area contributed by atoms with E-state index in [-0.39, 0.29) is 18.2 Å². The van der Waals surface area contributed by atoms with Gasteiger partial charge in [-0.3, -0.25) is 25.4 Å². The van der Waals surface area contributed by atoms with Crippen molar-refractivity contribution >= 4 is 36.0 Å². The first kappa shape index (κ1) is 19.0. The Kier molecular flexibility index (Phi) is 7.20. The molecule has 0 spiro atoms. The lowest BCUT2D eigenvalue weighted by atomic mass is 10.1. The second-order valence-electron chi connectivity index (χ2n) is 3.41. The van der Waals surface area contributed by atoms with Crippen LogP contribution in [0.2, 0.25) is 0 Å². The van der Waals surface area contributed by atoms with Crippen LogP contribution in [0.15, 0.2) is 22.3 Å². The maximum atomic E-state index is 11.1. The summed E-state index contributed by atoms with van der Waals surface area (Å²) in [4.78, 5) is 20.3. The fraction of sp³-hybridized carbons (Fsp3) is 0.111. The van der Waals surface area contributed by atoms with Gasteiger partial charge in [-0.05, 0) is 6.07 Å². The van der Waals surface area contributed by atoms with E-state index in [9.17, 15) is 20.2 Å². The first-order chi connectivity index (χ1) is 9.92. The van der Waals surface area contributed by atoms with E-state index in [0.717, 1.165) is 18.3 Å². The van der Waals surface area contributed by atoms with E-state index in [0.29, 0.717) is 0 Å². The van der Waals surface area contributed by atoms with Crippen LogP contribution in [0.25, 0.3) is 0 Å². The second-order valence-corrected chi connectivity index (χ2v) is 3.41.